The number of amidine groups is 1. The molecule has 0 saturated carbocycles. The first-order chi connectivity index (χ1) is 17.1. The summed E-state index contributed by atoms with van der Waals surface area (Å²) < 4.78 is 17.9. The van der Waals surface area contributed by atoms with Gasteiger partial charge in [0.2, 0.25) is 0 Å². The molecule has 0 fully saturated rings. The average Bonchev–Trinajstić information content (AvgIpc) is 3.30. The highest BCUT2D eigenvalue weighted by Gasteiger charge is 2.10. The third kappa shape index (κ3) is 7.12. The van der Waals surface area contributed by atoms with E-state index >= 15 is 0 Å². The van der Waals surface area contributed by atoms with Crippen LogP contribution in [0.1, 0.15) is 45.1 Å². The summed E-state index contributed by atoms with van der Waals surface area (Å²) in [4.78, 5) is 4.43. The summed E-state index contributed by atoms with van der Waals surface area (Å²) in [6, 6.07) is 26.2. The van der Waals surface area contributed by atoms with Crippen molar-refractivity contribution in [1.29, 1.82) is 0 Å². The number of aliphatic imine (C=N–C) groups is 1. The maximum atomic E-state index is 6.14. The Morgan fingerprint density at radius 1 is 0.800 bits per heavy atom. The highest BCUT2D eigenvalue weighted by atomic mass is 16.5. The van der Waals surface area contributed by atoms with E-state index in [0.717, 1.165) is 71.6 Å². The number of para-hydroxylation sites is 1. The molecule has 4 rings (SSSR count). The Kier molecular flexibility index (Phi) is 8.44. The van der Waals surface area contributed by atoms with Crippen LogP contribution in [0.3, 0.4) is 0 Å². The minimum absolute atomic E-state index is 0.147. The highest BCUT2D eigenvalue weighted by Crippen LogP contribution is 2.30. The molecule has 1 heterocycles. The lowest BCUT2D eigenvalue weighted by molar-refractivity contribution is 0.287. The molecule has 3 aromatic carbocycles. The maximum absolute atomic E-state index is 6.14. The monoisotopic (exact) mass is 470 g/mol. The van der Waals surface area contributed by atoms with Crippen molar-refractivity contribution in [2.45, 2.75) is 45.6 Å². The predicted molar refractivity (Wildman–Crippen MR) is 143 cm³/mol. The van der Waals surface area contributed by atoms with Gasteiger partial charge in [0.15, 0.2) is 0 Å². The maximum Gasteiger partial charge on any atom is 0.135 e. The normalized spacial score (nSPS) is 11.8. The van der Waals surface area contributed by atoms with Crippen molar-refractivity contribution < 1.29 is 13.9 Å². The molecule has 5 heteroatoms. The first-order valence-electron chi connectivity index (χ1n) is 12.4. The summed E-state index contributed by atoms with van der Waals surface area (Å²) >= 11 is 0. The standard InChI is InChI=1S/C30H34N2O3/c1-22(2)32-30(31)25-16-15-24-20-28(35-29(24)21-25)23-11-10-14-27(19-23)34-18-9-4-3-8-17-33-26-12-6-5-7-13-26/h5-7,10-16,19-22H,3-4,8-9,17-18H2,1-2H3,(H2,31,32). The summed E-state index contributed by atoms with van der Waals surface area (Å²) in [5.74, 6) is 3.12. The Labute approximate surface area is 207 Å². The van der Waals surface area contributed by atoms with Crippen LogP contribution in [0.5, 0.6) is 11.5 Å². The first kappa shape index (κ1) is 24.4. The van der Waals surface area contributed by atoms with E-state index < -0.39 is 0 Å². The van der Waals surface area contributed by atoms with Gasteiger partial charge >= 0.3 is 0 Å². The van der Waals surface area contributed by atoms with Crippen LogP contribution in [0.4, 0.5) is 0 Å². The van der Waals surface area contributed by atoms with Crippen LogP contribution in [0.15, 0.2) is 88.3 Å². The number of furan rings is 1. The fourth-order valence-electron chi connectivity index (χ4n) is 3.88. The predicted octanol–water partition coefficient (Wildman–Crippen LogP) is 7.23. The molecule has 182 valence electrons. The molecule has 0 saturated heterocycles. The largest absolute Gasteiger partial charge is 0.494 e. The Morgan fingerprint density at radius 2 is 1.51 bits per heavy atom. The zero-order valence-electron chi connectivity index (χ0n) is 20.6. The van der Waals surface area contributed by atoms with E-state index in [-0.39, 0.29) is 6.04 Å². The van der Waals surface area contributed by atoms with Gasteiger partial charge in [-0.15, -0.1) is 0 Å². The van der Waals surface area contributed by atoms with Crippen molar-refractivity contribution in [2.75, 3.05) is 13.2 Å². The number of nitrogens with zero attached hydrogens (tertiary/aromatic N) is 1. The van der Waals surface area contributed by atoms with Gasteiger partial charge < -0.3 is 19.6 Å². The van der Waals surface area contributed by atoms with E-state index in [2.05, 4.69) is 4.99 Å². The van der Waals surface area contributed by atoms with Gasteiger partial charge in [0.25, 0.3) is 0 Å². The van der Waals surface area contributed by atoms with Crippen molar-refractivity contribution in [2.24, 2.45) is 10.7 Å². The molecule has 0 spiro atoms. The lowest BCUT2D eigenvalue weighted by atomic mass is 10.1. The topological polar surface area (TPSA) is 70.0 Å². The summed E-state index contributed by atoms with van der Waals surface area (Å²) in [6.07, 6.45) is 4.31. The molecule has 0 unspecified atom stereocenters. The third-order valence-corrected chi connectivity index (χ3v) is 5.65. The van der Waals surface area contributed by atoms with Crippen molar-refractivity contribution in [1.82, 2.24) is 0 Å². The van der Waals surface area contributed by atoms with Gasteiger partial charge in [-0.2, -0.15) is 0 Å². The van der Waals surface area contributed by atoms with E-state index in [1.807, 2.05) is 92.7 Å². The average molecular weight is 471 g/mol. The fraction of sp³-hybridized carbons (Fsp3) is 0.300. The lowest BCUT2D eigenvalue weighted by Crippen LogP contribution is -2.15. The summed E-state index contributed by atoms with van der Waals surface area (Å²) in [7, 11) is 0. The van der Waals surface area contributed by atoms with E-state index in [4.69, 9.17) is 19.6 Å². The Balaban J connectivity index is 1.26. The van der Waals surface area contributed by atoms with Gasteiger partial charge in [-0.3, -0.25) is 4.99 Å². The SMILES string of the molecule is CC(C)N=C(N)c1ccc2cc(-c3cccc(OCCCCCCOc4ccccc4)c3)oc2c1. The number of ether oxygens (including phenoxy) is 2. The van der Waals surface area contributed by atoms with Crippen molar-refractivity contribution in [3.05, 3.63) is 84.4 Å². The first-order valence-corrected chi connectivity index (χ1v) is 12.4. The van der Waals surface area contributed by atoms with E-state index in [9.17, 15) is 0 Å². The third-order valence-electron chi connectivity index (χ3n) is 5.65. The smallest absolute Gasteiger partial charge is 0.135 e. The minimum atomic E-state index is 0.147. The Morgan fingerprint density at radius 3 is 2.26 bits per heavy atom. The van der Waals surface area contributed by atoms with Gasteiger partial charge in [-0.1, -0.05) is 42.5 Å². The number of rotatable bonds is 12. The van der Waals surface area contributed by atoms with Crippen LogP contribution in [0.25, 0.3) is 22.3 Å². The number of hydrogen-bond acceptors (Lipinski definition) is 4. The number of fused-ring (bicyclic) bond motifs is 1. The molecule has 0 aliphatic carbocycles. The quantitative estimate of drug-likeness (QED) is 0.135. The van der Waals surface area contributed by atoms with E-state index in [1.165, 1.54) is 0 Å². The van der Waals surface area contributed by atoms with Gasteiger partial charge in [0, 0.05) is 22.6 Å². The number of hydrogen-bond donors (Lipinski definition) is 1. The second-order valence-electron chi connectivity index (χ2n) is 8.92. The van der Waals surface area contributed by atoms with Gasteiger partial charge in [0.05, 0.1) is 13.2 Å². The van der Waals surface area contributed by atoms with Crippen LogP contribution in [0, 0.1) is 0 Å². The molecule has 4 aromatic rings. The van der Waals surface area contributed by atoms with Crippen molar-refractivity contribution >= 4 is 16.8 Å². The minimum Gasteiger partial charge on any atom is -0.494 e. The molecule has 0 aliphatic heterocycles. The fourth-order valence-corrected chi connectivity index (χ4v) is 3.88. The van der Waals surface area contributed by atoms with E-state index in [1.54, 1.807) is 0 Å². The van der Waals surface area contributed by atoms with Crippen molar-refractivity contribution in [3.8, 4) is 22.8 Å². The van der Waals surface area contributed by atoms with Gasteiger partial charge in [-0.25, -0.2) is 0 Å². The van der Waals surface area contributed by atoms with Crippen molar-refractivity contribution in [3.63, 3.8) is 0 Å². The summed E-state index contributed by atoms with van der Waals surface area (Å²) in [6.45, 7) is 5.46. The molecule has 1 aromatic heterocycles. The lowest BCUT2D eigenvalue weighted by Gasteiger charge is -2.08. The molecule has 0 aliphatic rings. The summed E-state index contributed by atoms with van der Waals surface area (Å²) in [5, 5.41) is 1.03. The molecular weight excluding hydrogens is 436 g/mol. The van der Waals surface area contributed by atoms with Crippen LogP contribution < -0.4 is 15.2 Å². The Bertz CT molecular complexity index is 1240. The van der Waals surface area contributed by atoms with E-state index in [0.29, 0.717) is 12.4 Å². The van der Waals surface area contributed by atoms with Crippen LogP contribution in [-0.4, -0.2) is 25.1 Å². The van der Waals surface area contributed by atoms with Gasteiger partial charge in [0.1, 0.15) is 28.7 Å². The molecule has 0 atom stereocenters. The number of benzene rings is 3. The molecule has 5 nitrogen and oxygen atoms in total. The number of nitrogens with two attached hydrogens (primary N) is 1. The molecular formula is C30H34N2O3. The molecule has 0 amide bonds. The molecule has 0 radical (unpaired) electrons. The molecule has 35 heavy (non-hydrogen) atoms. The number of unbranched alkanes of at least 4 members (excludes halogenated alkanes) is 3. The second-order valence-corrected chi connectivity index (χ2v) is 8.92. The summed E-state index contributed by atoms with van der Waals surface area (Å²) in [5.41, 5.74) is 8.78. The van der Waals surface area contributed by atoms with Crippen LogP contribution in [0.2, 0.25) is 0 Å². The Hall–Kier alpha value is -3.73. The zero-order valence-corrected chi connectivity index (χ0v) is 20.6. The highest BCUT2D eigenvalue weighted by molar-refractivity contribution is 6.00. The second kappa shape index (κ2) is 12.1. The van der Waals surface area contributed by atoms with Gasteiger partial charge in [-0.05, 0) is 75.9 Å². The van der Waals surface area contributed by atoms with Crippen LogP contribution in [-0.2, 0) is 0 Å². The zero-order chi connectivity index (χ0) is 24.5. The molecule has 2 N–H and O–H groups in total. The molecule has 0 bridgehead atoms. The van der Waals surface area contributed by atoms with Crippen LogP contribution >= 0.6 is 0 Å².